The minimum atomic E-state index is 0.161. The van der Waals surface area contributed by atoms with Crippen molar-refractivity contribution in [3.05, 3.63) is 21.3 Å². The molecule has 0 amide bonds. The third kappa shape index (κ3) is 3.32. The minimum Gasteiger partial charge on any atom is -0.271 e. The highest BCUT2D eigenvalue weighted by Crippen LogP contribution is 2.28. The summed E-state index contributed by atoms with van der Waals surface area (Å²) in [5.41, 5.74) is 2.77. The Morgan fingerprint density at radius 3 is 2.93 bits per heavy atom. The fourth-order valence-electron chi connectivity index (χ4n) is 1.16. The Morgan fingerprint density at radius 1 is 1.64 bits per heavy atom. The first kappa shape index (κ1) is 11.5. The number of nitrogens with one attached hydrogen (secondary N) is 1. The maximum Gasteiger partial charge on any atom is 0.0931 e. The van der Waals surface area contributed by atoms with Gasteiger partial charge in [-0.25, -0.2) is 0 Å². The van der Waals surface area contributed by atoms with E-state index in [1.807, 2.05) is 19.1 Å². The summed E-state index contributed by atoms with van der Waals surface area (Å²) in [6.45, 7) is 1.84. The van der Waals surface area contributed by atoms with E-state index in [1.54, 1.807) is 11.3 Å². The first-order valence-corrected chi connectivity index (χ1v) is 5.58. The molecule has 0 bridgehead atoms. The second-order valence-corrected chi connectivity index (χ2v) is 4.57. The molecule has 0 spiro atoms. The van der Waals surface area contributed by atoms with Crippen LogP contribution in [0.2, 0.25) is 4.34 Å². The van der Waals surface area contributed by atoms with E-state index >= 15 is 0 Å². The number of rotatable bonds is 4. The molecule has 1 unspecified atom stereocenters. The van der Waals surface area contributed by atoms with Crippen molar-refractivity contribution in [1.29, 1.82) is 0 Å². The molecule has 14 heavy (non-hydrogen) atoms. The number of hydrogen-bond donors (Lipinski definition) is 2. The van der Waals surface area contributed by atoms with Crippen LogP contribution < -0.4 is 11.3 Å². The summed E-state index contributed by atoms with van der Waals surface area (Å²) in [6, 6.07) is 4.04. The van der Waals surface area contributed by atoms with Crippen molar-refractivity contribution in [2.75, 3.05) is 0 Å². The summed E-state index contributed by atoms with van der Waals surface area (Å²) in [5.74, 6) is 11.3. The van der Waals surface area contributed by atoms with Crippen molar-refractivity contribution in [2.24, 2.45) is 5.84 Å². The lowest BCUT2D eigenvalue weighted by Gasteiger charge is -2.11. The van der Waals surface area contributed by atoms with Gasteiger partial charge < -0.3 is 0 Å². The summed E-state index contributed by atoms with van der Waals surface area (Å²) in [7, 11) is 0. The summed E-state index contributed by atoms with van der Waals surface area (Å²) in [6.07, 6.45) is 1.76. The molecule has 2 nitrogen and oxygen atoms in total. The van der Waals surface area contributed by atoms with Crippen molar-refractivity contribution >= 4 is 22.9 Å². The van der Waals surface area contributed by atoms with E-state index in [1.165, 1.54) is 0 Å². The molecule has 1 atom stereocenters. The van der Waals surface area contributed by atoms with Gasteiger partial charge in [0.05, 0.1) is 10.4 Å². The average molecular weight is 229 g/mol. The van der Waals surface area contributed by atoms with E-state index in [2.05, 4.69) is 17.3 Å². The molecule has 0 fully saturated rings. The van der Waals surface area contributed by atoms with E-state index in [0.29, 0.717) is 0 Å². The predicted octanol–water partition coefficient (Wildman–Crippen LogP) is 2.71. The molecule has 0 aliphatic heterocycles. The molecule has 0 aromatic carbocycles. The van der Waals surface area contributed by atoms with Crippen molar-refractivity contribution in [1.82, 2.24) is 5.43 Å². The highest BCUT2D eigenvalue weighted by atomic mass is 35.5. The lowest BCUT2D eigenvalue weighted by Crippen LogP contribution is -2.27. The van der Waals surface area contributed by atoms with Crippen LogP contribution in [-0.4, -0.2) is 0 Å². The fraction of sp³-hybridized carbons (Fsp3) is 0.400. The molecule has 0 saturated heterocycles. The number of hydrogen-bond acceptors (Lipinski definition) is 3. The minimum absolute atomic E-state index is 0.161. The third-order valence-electron chi connectivity index (χ3n) is 1.87. The van der Waals surface area contributed by atoms with E-state index in [0.717, 1.165) is 22.1 Å². The van der Waals surface area contributed by atoms with E-state index in [-0.39, 0.29) is 6.04 Å². The third-order valence-corrected chi connectivity index (χ3v) is 3.22. The molecule has 76 valence electrons. The largest absolute Gasteiger partial charge is 0.271 e. The van der Waals surface area contributed by atoms with Crippen molar-refractivity contribution < 1.29 is 0 Å². The van der Waals surface area contributed by atoms with Gasteiger partial charge in [0, 0.05) is 11.3 Å². The molecule has 0 aliphatic carbocycles. The summed E-state index contributed by atoms with van der Waals surface area (Å²) in [4.78, 5) is 1.16. The SMILES string of the molecule is CC#CCCC(NN)c1ccc(Cl)s1. The van der Waals surface area contributed by atoms with E-state index in [9.17, 15) is 0 Å². The Balaban J connectivity index is 2.56. The number of nitrogens with two attached hydrogens (primary N) is 1. The van der Waals surface area contributed by atoms with Gasteiger partial charge >= 0.3 is 0 Å². The Kier molecular flexibility index (Phi) is 4.99. The Bertz CT molecular complexity index is 337. The van der Waals surface area contributed by atoms with Crippen LogP contribution in [-0.2, 0) is 0 Å². The van der Waals surface area contributed by atoms with Gasteiger partial charge in [0.25, 0.3) is 0 Å². The van der Waals surface area contributed by atoms with Crippen LogP contribution in [0.1, 0.15) is 30.7 Å². The highest BCUT2D eigenvalue weighted by Gasteiger charge is 2.10. The van der Waals surface area contributed by atoms with Crippen LogP contribution in [0.15, 0.2) is 12.1 Å². The van der Waals surface area contributed by atoms with Crippen LogP contribution in [0.25, 0.3) is 0 Å². The molecule has 0 aliphatic rings. The zero-order valence-corrected chi connectivity index (χ0v) is 9.58. The average Bonchev–Trinajstić information content (AvgIpc) is 2.60. The predicted molar refractivity (Wildman–Crippen MR) is 62.1 cm³/mol. The lowest BCUT2D eigenvalue weighted by molar-refractivity contribution is 0.532. The Hall–Kier alpha value is -0.530. The normalized spacial score (nSPS) is 11.9. The van der Waals surface area contributed by atoms with Crippen molar-refractivity contribution in [3.8, 4) is 11.8 Å². The summed E-state index contributed by atoms with van der Waals surface area (Å²) in [5, 5.41) is 0. The van der Waals surface area contributed by atoms with Crippen LogP contribution in [0, 0.1) is 11.8 Å². The fourth-order valence-corrected chi connectivity index (χ4v) is 2.32. The first-order valence-electron chi connectivity index (χ1n) is 4.39. The molecule has 1 aromatic heterocycles. The zero-order chi connectivity index (χ0) is 10.4. The monoisotopic (exact) mass is 228 g/mol. The van der Waals surface area contributed by atoms with Gasteiger partial charge in [0.2, 0.25) is 0 Å². The molecule has 1 aromatic rings. The van der Waals surface area contributed by atoms with Crippen molar-refractivity contribution in [2.45, 2.75) is 25.8 Å². The van der Waals surface area contributed by atoms with Crippen LogP contribution in [0.4, 0.5) is 0 Å². The first-order chi connectivity index (χ1) is 6.77. The smallest absolute Gasteiger partial charge is 0.0931 e. The maximum atomic E-state index is 5.84. The molecule has 1 heterocycles. The van der Waals surface area contributed by atoms with Gasteiger partial charge in [-0.2, -0.15) is 0 Å². The molecule has 0 saturated carbocycles. The maximum absolute atomic E-state index is 5.84. The number of thiophene rings is 1. The Morgan fingerprint density at radius 2 is 2.43 bits per heavy atom. The van der Waals surface area contributed by atoms with Crippen molar-refractivity contribution in [3.63, 3.8) is 0 Å². The second kappa shape index (κ2) is 6.05. The second-order valence-electron chi connectivity index (χ2n) is 2.83. The number of halogens is 1. The molecular weight excluding hydrogens is 216 g/mol. The molecule has 0 radical (unpaired) electrons. The van der Waals surface area contributed by atoms with Crippen LogP contribution >= 0.6 is 22.9 Å². The summed E-state index contributed by atoms with van der Waals surface area (Å²) < 4.78 is 0.793. The van der Waals surface area contributed by atoms with Gasteiger partial charge in [0.15, 0.2) is 0 Å². The molecule has 4 heteroatoms. The van der Waals surface area contributed by atoms with Gasteiger partial charge in [0.1, 0.15) is 0 Å². The highest BCUT2D eigenvalue weighted by molar-refractivity contribution is 7.16. The zero-order valence-electron chi connectivity index (χ0n) is 8.01. The Labute approximate surface area is 93.4 Å². The van der Waals surface area contributed by atoms with Crippen LogP contribution in [0.3, 0.4) is 0 Å². The molecular formula is C10H13ClN2S. The van der Waals surface area contributed by atoms with E-state index < -0.39 is 0 Å². The van der Waals surface area contributed by atoms with Gasteiger partial charge in [-0.15, -0.1) is 23.2 Å². The standard InChI is InChI=1S/C10H13ClN2S/c1-2-3-4-5-8(13-12)9-6-7-10(11)14-9/h6-8,13H,4-5,12H2,1H3. The molecule has 1 rings (SSSR count). The summed E-state index contributed by atoms with van der Waals surface area (Å²) >= 11 is 7.40. The van der Waals surface area contributed by atoms with Gasteiger partial charge in [-0.1, -0.05) is 11.6 Å². The van der Waals surface area contributed by atoms with E-state index in [4.69, 9.17) is 17.4 Å². The van der Waals surface area contributed by atoms with Crippen LogP contribution in [0.5, 0.6) is 0 Å². The van der Waals surface area contributed by atoms with Gasteiger partial charge in [-0.05, 0) is 25.5 Å². The lowest BCUT2D eigenvalue weighted by atomic mass is 10.1. The van der Waals surface area contributed by atoms with Gasteiger partial charge in [-0.3, -0.25) is 11.3 Å². The topological polar surface area (TPSA) is 38.0 Å². The molecule has 3 N–H and O–H groups in total. The quantitative estimate of drug-likeness (QED) is 0.473. The number of hydrazine groups is 1.